The molecule has 3 aromatic rings. The Morgan fingerprint density at radius 3 is 2.72 bits per heavy atom. The summed E-state index contributed by atoms with van der Waals surface area (Å²) in [6, 6.07) is 9.00. The van der Waals surface area contributed by atoms with Crippen LogP contribution >= 0.6 is 0 Å². The number of fused-ring (bicyclic) bond motifs is 1. The second-order valence-corrected chi connectivity index (χ2v) is 7.18. The topological polar surface area (TPSA) is 96.7 Å². The molecular formula is C18H19N5O2. The molecule has 0 saturated carbocycles. The van der Waals surface area contributed by atoms with Crippen LogP contribution in [0.4, 0.5) is 5.95 Å². The van der Waals surface area contributed by atoms with Crippen LogP contribution in [0, 0.1) is 23.7 Å². The zero-order valence-electron chi connectivity index (χ0n) is 14.6. The first-order chi connectivity index (χ1) is 11.8. The molecule has 25 heavy (non-hydrogen) atoms. The van der Waals surface area contributed by atoms with E-state index >= 15 is 0 Å². The van der Waals surface area contributed by atoms with Gasteiger partial charge in [0.15, 0.2) is 0 Å². The number of rotatable bonds is 3. The van der Waals surface area contributed by atoms with Crippen LogP contribution in [-0.2, 0) is 4.79 Å². The van der Waals surface area contributed by atoms with Crippen molar-refractivity contribution in [2.75, 3.05) is 5.32 Å². The normalized spacial score (nSPS) is 11.5. The minimum atomic E-state index is -0.141. The lowest BCUT2D eigenvalue weighted by molar-refractivity contribution is -0.117. The molecule has 0 bridgehead atoms. The van der Waals surface area contributed by atoms with E-state index < -0.39 is 0 Å². The lowest BCUT2D eigenvalue weighted by atomic mass is 9.92. The van der Waals surface area contributed by atoms with E-state index in [2.05, 4.69) is 21.5 Å². The molecule has 3 rings (SSSR count). The van der Waals surface area contributed by atoms with Crippen LogP contribution in [0.2, 0.25) is 0 Å². The summed E-state index contributed by atoms with van der Waals surface area (Å²) in [4.78, 5) is 16.8. The second-order valence-electron chi connectivity index (χ2n) is 7.18. The number of hydrogen-bond donors (Lipinski definition) is 1. The Kier molecular flexibility index (Phi) is 4.05. The zero-order valence-corrected chi connectivity index (χ0v) is 14.6. The fraction of sp³-hybridized carbons (Fsp3) is 0.333. The van der Waals surface area contributed by atoms with Gasteiger partial charge in [0.25, 0.3) is 0 Å². The lowest BCUT2D eigenvalue weighted by Crippen LogP contribution is -2.21. The van der Waals surface area contributed by atoms with Gasteiger partial charge < -0.3 is 4.52 Å². The van der Waals surface area contributed by atoms with Crippen molar-refractivity contribution in [3.63, 3.8) is 0 Å². The van der Waals surface area contributed by atoms with Crippen molar-refractivity contribution < 1.29 is 9.32 Å². The van der Waals surface area contributed by atoms with Gasteiger partial charge in [-0.25, -0.2) is 9.55 Å². The summed E-state index contributed by atoms with van der Waals surface area (Å²) in [6.07, 6.45) is 0.356. The van der Waals surface area contributed by atoms with Crippen LogP contribution in [0.5, 0.6) is 0 Å². The van der Waals surface area contributed by atoms with Crippen molar-refractivity contribution >= 4 is 22.9 Å². The van der Waals surface area contributed by atoms with Crippen LogP contribution in [0.25, 0.3) is 16.9 Å². The molecule has 1 amide bonds. The Bertz CT molecular complexity index is 985. The third-order valence-electron chi connectivity index (χ3n) is 3.56. The van der Waals surface area contributed by atoms with Gasteiger partial charge in [0.1, 0.15) is 0 Å². The van der Waals surface area contributed by atoms with Crippen molar-refractivity contribution in [2.45, 2.75) is 34.1 Å². The minimum Gasteiger partial charge on any atom is -0.338 e. The maximum absolute atomic E-state index is 12.4. The summed E-state index contributed by atoms with van der Waals surface area (Å²) in [7, 11) is 0. The molecule has 7 heteroatoms. The molecular weight excluding hydrogens is 318 g/mol. The molecule has 0 saturated heterocycles. The highest BCUT2D eigenvalue weighted by molar-refractivity contribution is 5.92. The molecule has 0 fully saturated rings. The van der Waals surface area contributed by atoms with Gasteiger partial charge in [0.2, 0.25) is 17.7 Å². The van der Waals surface area contributed by atoms with Crippen LogP contribution in [0.15, 0.2) is 28.8 Å². The number of nitrogens with zero attached hydrogens (tertiary/aromatic N) is 4. The summed E-state index contributed by atoms with van der Waals surface area (Å²) >= 11 is 0. The van der Waals surface area contributed by atoms with E-state index in [1.54, 1.807) is 28.8 Å². The third kappa shape index (κ3) is 3.53. The highest BCUT2D eigenvalue weighted by atomic mass is 16.5. The number of hydrogen-bond acceptors (Lipinski definition) is 5. The van der Waals surface area contributed by atoms with Crippen molar-refractivity contribution in [3.05, 3.63) is 35.5 Å². The summed E-state index contributed by atoms with van der Waals surface area (Å²) in [6.45, 7) is 7.79. The summed E-state index contributed by atoms with van der Waals surface area (Å²) in [5, 5.41) is 15.9. The Hall–Kier alpha value is -3.14. The molecule has 0 unspecified atom stereocenters. The number of carbonyl (C=O) groups excluding carboxylic acids is 1. The van der Waals surface area contributed by atoms with Gasteiger partial charge in [0, 0.05) is 12.5 Å². The number of imidazole rings is 1. The molecule has 0 spiro atoms. The number of aryl methyl sites for hydroxylation is 1. The van der Waals surface area contributed by atoms with Gasteiger partial charge in [-0.3, -0.25) is 10.1 Å². The fourth-order valence-corrected chi connectivity index (χ4v) is 2.56. The Morgan fingerprint density at radius 2 is 2.12 bits per heavy atom. The first-order valence-electron chi connectivity index (χ1n) is 7.93. The molecule has 2 heterocycles. The first kappa shape index (κ1) is 16.7. The molecule has 0 aliphatic heterocycles. The summed E-state index contributed by atoms with van der Waals surface area (Å²) in [5.41, 5.74) is 2.38. The molecule has 7 nitrogen and oxygen atoms in total. The van der Waals surface area contributed by atoms with Crippen LogP contribution < -0.4 is 5.32 Å². The SMILES string of the molecule is Cc1cc(-n2c(NC(=O)CC(C)(C)C)nc3ccc(C#N)cc32)on1. The van der Waals surface area contributed by atoms with E-state index in [-0.39, 0.29) is 11.3 Å². The van der Waals surface area contributed by atoms with E-state index in [0.29, 0.717) is 40.5 Å². The third-order valence-corrected chi connectivity index (χ3v) is 3.56. The van der Waals surface area contributed by atoms with E-state index in [1.165, 1.54) is 0 Å². The van der Waals surface area contributed by atoms with E-state index in [9.17, 15) is 4.79 Å². The second kappa shape index (κ2) is 6.06. The quantitative estimate of drug-likeness (QED) is 0.788. The average molecular weight is 337 g/mol. The first-order valence-corrected chi connectivity index (χ1v) is 7.93. The molecule has 0 atom stereocenters. The van der Waals surface area contributed by atoms with Crippen LogP contribution in [0.1, 0.15) is 38.4 Å². The molecule has 1 aromatic carbocycles. The van der Waals surface area contributed by atoms with Gasteiger partial charge in [-0.05, 0) is 30.5 Å². The number of carbonyl (C=O) groups is 1. The number of amides is 1. The number of benzene rings is 1. The minimum absolute atomic E-state index is 0.138. The Labute approximate surface area is 145 Å². The van der Waals surface area contributed by atoms with E-state index in [4.69, 9.17) is 9.78 Å². The lowest BCUT2D eigenvalue weighted by Gasteiger charge is -2.17. The average Bonchev–Trinajstić information content (AvgIpc) is 3.07. The van der Waals surface area contributed by atoms with Crippen molar-refractivity contribution in [3.8, 4) is 12.0 Å². The Balaban J connectivity index is 2.11. The smallest absolute Gasteiger partial charge is 0.238 e. The fourth-order valence-electron chi connectivity index (χ4n) is 2.56. The maximum Gasteiger partial charge on any atom is 0.238 e. The van der Waals surface area contributed by atoms with Gasteiger partial charge in [-0.2, -0.15) is 5.26 Å². The number of anilines is 1. The molecule has 0 radical (unpaired) electrons. The molecule has 1 N–H and O–H groups in total. The van der Waals surface area contributed by atoms with Crippen LogP contribution in [-0.4, -0.2) is 20.6 Å². The van der Waals surface area contributed by atoms with Crippen molar-refractivity contribution in [1.29, 1.82) is 5.26 Å². The monoisotopic (exact) mass is 337 g/mol. The van der Waals surface area contributed by atoms with E-state index in [0.717, 1.165) is 0 Å². The van der Waals surface area contributed by atoms with E-state index in [1.807, 2.05) is 27.7 Å². The van der Waals surface area contributed by atoms with Gasteiger partial charge in [-0.1, -0.05) is 25.9 Å². The predicted octanol–water partition coefficient (Wildman–Crippen LogP) is 3.57. The zero-order chi connectivity index (χ0) is 18.2. The largest absolute Gasteiger partial charge is 0.338 e. The van der Waals surface area contributed by atoms with Crippen LogP contribution in [0.3, 0.4) is 0 Å². The molecule has 2 aromatic heterocycles. The number of nitrogens with one attached hydrogen (secondary N) is 1. The van der Waals surface area contributed by atoms with Gasteiger partial charge in [-0.15, -0.1) is 0 Å². The number of nitriles is 1. The molecule has 128 valence electrons. The highest BCUT2D eigenvalue weighted by Gasteiger charge is 2.21. The molecule has 0 aliphatic rings. The Morgan fingerprint density at radius 1 is 1.36 bits per heavy atom. The summed E-state index contributed by atoms with van der Waals surface area (Å²) < 4.78 is 7.02. The predicted molar refractivity (Wildman–Crippen MR) is 93.3 cm³/mol. The van der Waals surface area contributed by atoms with Gasteiger partial charge in [0.05, 0.1) is 28.4 Å². The summed E-state index contributed by atoms with van der Waals surface area (Å²) in [5.74, 6) is 0.637. The maximum atomic E-state index is 12.4. The van der Waals surface area contributed by atoms with Crippen molar-refractivity contribution in [2.24, 2.45) is 5.41 Å². The van der Waals surface area contributed by atoms with Crippen molar-refractivity contribution in [1.82, 2.24) is 14.7 Å². The standard InChI is InChI=1S/C18H19N5O2/c1-11-7-16(25-22-11)23-14-8-12(10-19)5-6-13(14)20-17(23)21-15(24)9-18(2,3)4/h5-8H,9H2,1-4H3,(H,20,21,24). The highest BCUT2D eigenvalue weighted by Crippen LogP contribution is 2.27. The number of aromatic nitrogens is 3. The molecule has 0 aliphatic carbocycles. The van der Waals surface area contributed by atoms with Gasteiger partial charge >= 0.3 is 0 Å².